The minimum Gasteiger partial charge on any atom is -0.344 e. The van der Waals surface area contributed by atoms with E-state index in [9.17, 15) is 0 Å². The van der Waals surface area contributed by atoms with Crippen molar-refractivity contribution < 1.29 is 0 Å². The third kappa shape index (κ3) is 2.54. The molecule has 0 saturated carbocycles. The first-order chi connectivity index (χ1) is 7.93. The summed E-state index contributed by atoms with van der Waals surface area (Å²) in [4.78, 5) is 10.9. The average Bonchev–Trinajstić information content (AvgIpc) is 2.28. The number of nitrogens with zero attached hydrogens (tertiary/aromatic N) is 3. The average molecular weight is 253 g/mol. The van der Waals surface area contributed by atoms with Gasteiger partial charge in [-0.1, -0.05) is 25.4 Å². The lowest BCUT2D eigenvalue weighted by molar-refractivity contribution is 0.311. The number of hydrogen-bond acceptors (Lipinski definition) is 3. The Kier molecular flexibility index (Phi) is 3.30. The van der Waals surface area contributed by atoms with Gasteiger partial charge in [0.05, 0.1) is 5.69 Å². The van der Waals surface area contributed by atoms with Gasteiger partial charge in [-0.15, -0.1) is 0 Å². The van der Waals surface area contributed by atoms with Gasteiger partial charge in [0.25, 0.3) is 0 Å². The van der Waals surface area contributed by atoms with Gasteiger partial charge in [0, 0.05) is 19.2 Å². The molecule has 1 aliphatic carbocycles. The summed E-state index contributed by atoms with van der Waals surface area (Å²) in [6.07, 6.45) is 3.11. The van der Waals surface area contributed by atoms with Crippen LogP contribution in [0.15, 0.2) is 0 Å². The van der Waals surface area contributed by atoms with Gasteiger partial charge in [-0.3, -0.25) is 0 Å². The Morgan fingerprint density at radius 3 is 2.76 bits per heavy atom. The summed E-state index contributed by atoms with van der Waals surface area (Å²) in [5, 5.41) is 0.609. The summed E-state index contributed by atoms with van der Waals surface area (Å²) < 4.78 is 0. The fourth-order valence-electron chi connectivity index (χ4n) is 2.16. The smallest absolute Gasteiger partial charge is 0.226 e. The summed E-state index contributed by atoms with van der Waals surface area (Å²) in [7, 11) is 1.93. The number of aryl methyl sites for hydroxylation is 1. The van der Waals surface area contributed by atoms with E-state index in [0.717, 1.165) is 30.5 Å². The Hall–Kier alpha value is -0.830. The molecule has 0 fully saturated rings. The Morgan fingerprint density at radius 1 is 1.41 bits per heavy atom. The van der Waals surface area contributed by atoms with E-state index in [2.05, 4.69) is 30.7 Å². The van der Waals surface area contributed by atoms with Crippen LogP contribution >= 0.6 is 11.6 Å². The van der Waals surface area contributed by atoms with E-state index in [-0.39, 0.29) is 0 Å². The second kappa shape index (κ2) is 4.45. The fourth-order valence-corrected chi connectivity index (χ4v) is 2.42. The maximum atomic E-state index is 6.28. The predicted octanol–water partition coefficient (Wildman–Crippen LogP) is 2.92. The highest BCUT2D eigenvalue weighted by Gasteiger charge is 2.29. The molecule has 4 heteroatoms. The van der Waals surface area contributed by atoms with Gasteiger partial charge in [-0.05, 0) is 31.6 Å². The van der Waals surface area contributed by atoms with Crippen LogP contribution in [0.4, 0.5) is 5.95 Å². The summed E-state index contributed by atoms with van der Waals surface area (Å²) in [5.41, 5.74) is 2.54. The van der Waals surface area contributed by atoms with E-state index >= 15 is 0 Å². The number of halogens is 1. The normalized spacial score (nSPS) is 17.7. The molecule has 1 heterocycles. The minimum absolute atomic E-state index is 0.305. The predicted molar refractivity (Wildman–Crippen MR) is 71.5 cm³/mol. The van der Waals surface area contributed by atoms with Crippen molar-refractivity contribution in [1.29, 1.82) is 0 Å². The number of fused-ring (bicyclic) bond motifs is 1. The first kappa shape index (κ1) is 12.6. The molecule has 0 N–H and O–H groups in total. The first-order valence-electron chi connectivity index (χ1n) is 5.98. The molecule has 0 aromatic carbocycles. The van der Waals surface area contributed by atoms with Crippen LogP contribution in [0.3, 0.4) is 0 Å². The van der Waals surface area contributed by atoms with Crippen LogP contribution in [-0.4, -0.2) is 23.6 Å². The Balaban J connectivity index is 2.40. The lowest BCUT2D eigenvalue weighted by Crippen LogP contribution is -2.26. The molecule has 17 heavy (non-hydrogen) atoms. The van der Waals surface area contributed by atoms with Gasteiger partial charge < -0.3 is 4.90 Å². The van der Waals surface area contributed by atoms with Crippen LogP contribution in [0.1, 0.15) is 31.5 Å². The molecule has 0 atom stereocenters. The minimum atomic E-state index is 0.305. The molecule has 1 aromatic rings. The zero-order chi connectivity index (χ0) is 12.6. The Labute approximate surface area is 108 Å². The molecule has 0 saturated heterocycles. The highest BCUT2D eigenvalue weighted by molar-refractivity contribution is 6.30. The first-order valence-corrected chi connectivity index (χ1v) is 6.36. The summed E-state index contributed by atoms with van der Waals surface area (Å²) >= 11 is 6.28. The van der Waals surface area contributed by atoms with Gasteiger partial charge >= 0.3 is 0 Å². The Bertz CT molecular complexity index is 429. The van der Waals surface area contributed by atoms with E-state index in [1.807, 2.05) is 11.9 Å². The van der Waals surface area contributed by atoms with Crippen LogP contribution in [-0.2, 0) is 12.8 Å². The van der Waals surface area contributed by atoms with Crippen molar-refractivity contribution in [3.05, 3.63) is 23.3 Å². The number of hydrogen-bond donors (Lipinski definition) is 0. The topological polar surface area (TPSA) is 29.0 Å². The molecular formula is C13H19ClN3. The summed E-state index contributed by atoms with van der Waals surface area (Å²) in [6, 6.07) is 0. The van der Waals surface area contributed by atoms with Crippen LogP contribution in [0.25, 0.3) is 0 Å². The van der Waals surface area contributed by atoms with E-state index < -0.39 is 0 Å². The van der Waals surface area contributed by atoms with Crippen molar-refractivity contribution in [3.8, 4) is 0 Å². The molecule has 0 spiro atoms. The lowest BCUT2D eigenvalue weighted by Gasteiger charge is -2.31. The van der Waals surface area contributed by atoms with Gasteiger partial charge in [-0.2, -0.15) is 0 Å². The molecule has 0 amide bonds. The van der Waals surface area contributed by atoms with Crippen molar-refractivity contribution in [1.82, 2.24) is 9.97 Å². The second-order valence-corrected chi connectivity index (χ2v) is 5.86. The van der Waals surface area contributed by atoms with E-state index in [0.29, 0.717) is 23.1 Å². The zero-order valence-corrected chi connectivity index (χ0v) is 11.5. The van der Waals surface area contributed by atoms with Crippen molar-refractivity contribution in [2.24, 2.45) is 5.41 Å². The van der Waals surface area contributed by atoms with Gasteiger partial charge in [0.1, 0.15) is 5.15 Å². The molecule has 1 aromatic heterocycles. The summed E-state index contributed by atoms with van der Waals surface area (Å²) in [5.74, 6) is 0.684. The second-order valence-electron chi connectivity index (χ2n) is 5.50. The third-order valence-corrected chi connectivity index (χ3v) is 3.71. The largest absolute Gasteiger partial charge is 0.344 e. The molecule has 1 radical (unpaired) electrons. The zero-order valence-electron chi connectivity index (χ0n) is 10.8. The summed E-state index contributed by atoms with van der Waals surface area (Å²) in [6.45, 7) is 9.00. The maximum Gasteiger partial charge on any atom is 0.226 e. The molecule has 2 rings (SSSR count). The van der Waals surface area contributed by atoms with Gasteiger partial charge in [0.2, 0.25) is 5.95 Å². The SMILES string of the molecule is [CH2]CN(C)c1nc(Cl)c2c(n1)CCC(C)(C)C2. The van der Waals surface area contributed by atoms with Crippen LogP contribution in [0.5, 0.6) is 0 Å². The van der Waals surface area contributed by atoms with E-state index in [4.69, 9.17) is 11.6 Å². The standard InChI is InChI=1S/C13H19ClN3/c1-5-17(4)12-15-10-6-7-13(2,3)8-9(10)11(14)16-12/h1,5-8H2,2-4H3. The van der Waals surface area contributed by atoms with Crippen LogP contribution in [0.2, 0.25) is 5.15 Å². The number of anilines is 1. The molecule has 0 bridgehead atoms. The molecule has 93 valence electrons. The third-order valence-electron chi connectivity index (χ3n) is 3.40. The van der Waals surface area contributed by atoms with E-state index in [1.165, 1.54) is 0 Å². The van der Waals surface area contributed by atoms with Crippen molar-refractivity contribution >= 4 is 17.5 Å². The lowest BCUT2D eigenvalue weighted by atomic mass is 9.76. The molecular weight excluding hydrogens is 234 g/mol. The molecule has 0 unspecified atom stereocenters. The quantitative estimate of drug-likeness (QED) is 0.758. The Morgan fingerprint density at radius 2 is 2.12 bits per heavy atom. The van der Waals surface area contributed by atoms with Gasteiger partial charge in [-0.25, -0.2) is 9.97 Å². The highest BCUT2D eigenvalue weighted by atomic mass is 35.5. The van der Waals surface area contributed by atoms with Gasteiger partial charge in [0.15, 0.2) is 0 Å². The van der Waals surface area contributed by atoms with Crippen molar-refractivity contribution in [3.63, 3.8) is 0 Å². The molecule has 1 aliphatic rings. The fraction of sp³-hybridized carbons (Fsp3) is 0.615. The van der Waals surface area contributed by atoms with Crippen LogP contribution in [0, 0.1) is 12.3 Å². The number of rotatable bonds is 2. The number of aromatic nitrogens is 2. The van der Waals surface area contributed by atoms with Crippen LogP contribution < -0.4 is 4.90 Å². The van der Waals surface area contributed by atoms with Crippen molar-refractivity contribution in [2.45, 2.75) is 33.1 Å². The monoisotopic (exact) mass is 252 g/mol. The highest BCUT2D eigenvalue weighted by Crippen LogP contribution is 2.37. The maximum absolute atomic E-state index is 6.28. The molecule has 3 nitrogen and oxygen atoms in total. The molecule has 0 aliphatic heterocycles. The van der Waals surface area contributed by atoms with E-state index in [1.54, 1.807) is 0 Å². The van der Waals surface area contributed by atoms with Crippen molar-refractivity contribution in [2.75, 3.05) is 18.5 Å².